The van der Waals surface area contributed by atoms with Gasteiger partial charge in [-0.3, -0.25) is 14.9 Å². The molecule has 1 aromatic carbocycles. The van der Waals surface area contributed by atoms with Crippen LogP contribution in [0.5, 0.6) is 0 Å². The Bertz CT molecular complexity index is 917. The number of nitrogens with zero attached hydrogens (tertiary/aromatic N) is 5. The van der Waals surface area contributed by atoms with Gasteiger partial charge in [0.05, 0.1) is 24.3 Å². The monoisotopic (exact) mass is 362 g/mol. The summed E-state index contributed by atoms with van der Waals surface area (Å²) in [6, 6.07) is 10.1. The molecule has 0 aliphatic carbocycles. The fourth-order valence-electron chi connectivity index (χ4n) is 3.35. The van der Waals surface area contributed by atoms with Crippen molar-refractivity contribution in [2.24, 2.45) is 0 Å². The molecule has 2 aromatic heterocycles. The Morgan fingerprint density at radius 3 is 2.70 bits per heavy atom. The van der Waals surface area contributed by atoms with Crippen LogP contribution in [-0.4, -0.2) is 51.1 Å². The maximum Gasteiger partial charge on any atom is 0.274 e. The molecule has 1 N–H and O–H groups in total. The standard InChI is InChI=1S/C20H22N6O/c1-25(14-16-11-22-24-19(16)15-7-3-2-4-8-15)18-13-21-12-17(23-18)20(27)26-9-5-6-10-26/h2-4,7-8,11-13H,5-6,9-10,14H2,1H3,(H,22,24). The van der Waals surface area contributed by atoms with Gasteiger partial charge in [0.1, 0.15) is 11.5 Å². The number of anilines is 1. The van der Waals surface area contributed by atoms with Crippen LogP contribution in [0.1, 0.15) is 28.9 Å². The Morgan fingerprint density at radius 1 is 1.15 bits per heavy atom. The van der Waals surface area contributed by atoms with Gasteiger partial charge in [0.2, 0.25) is 0 Å². The van der Waals surface area contributed by atoms with E-state index in [4.69, 9.17) is 0 Å². The first-order valence-electron chi connectivity index (χ1n) is 9.12. The van der Waals surface area contributed by atoms with Gasteiger partial charge >= 0.3 is 0 Å². The second kappa shape index (κ2) is 7.57. The molecule has 1 saturated heterocycles. The summed E-state index contributed by atoms with van der Waals surface area (Å²) in [5.41, 5.74) is 3.53. The second-order valence-electron chi connectivity index (χ2n) is 6.75. The van der Waals surface area contributed by atoms with Crippen molar-refractivity contribution >= 4 is 11.7 Å². The van der Waals surface area contributed by atoms with Crippen LogP contribution in [-0.2, 0) is 6.54 Å². The van der Waals surface area contributed by atoms with Crippen molar-refractivity contribution in [2.75, 3.05) is 25.0 Å². The van der Waals surface area contributed by atoms with E-state index in [2.05, 4.69) is 20.2 Å². The first-order valence-corrected chi connectivity index (χ1v) is 9.12. The van der Waals surface area contributed by atoms with Crippen molar-refractivity contribution < 1.29 is 4.79 Å². The van der Waals surface area contributed by atoms with Crippen molar-refractivity contribution in [3.63, 3.8) is 0 Å². The molecule has 1 aliphatic heterocycles. The van der Waals surface area contributed by atoms with Gasteiger partial charge in [-0.15, -0.1) is 0 Å². The number of likely N-dealkylation sites (tertiary alicyclic amines) is 1. The Labute approximate surface area is 158 Å². The molecular formula is C20H22N6O. The summed E-state index contributed by atoms with van der Waals surface area (Å²) < 4.78 is 0. The molecule has 3 aromatic rings. The fraction of sp³-hybridized carbons (Fsp3) is 0.300. The number of rotatable bonds is 5. The zero-order valence-electron chi connectivity index (χ0n) is 15.3. The highest BCUT2D eigenvalue weighted by Gasteiger charge is 2.21. The highest BCUT2D eigenvalue weighted by atomic mass is 16.2. The van der Waals surface area contributed by atoms with Gasteiger partial charge in [0, 0.05) is 32.2 Å². The van der Waals surface area contributed by atoms with Gasteiger partial charge in [-0.05, 0) is 18.4 Å². The predicted octanol–water partition coefficient (Wildman–Crippen LogP) is 2.74. The molecule has 3 heterocycles. The van der Waals surface area contributed by atoms with Gasteiger partial charge in [-0.1, -0.05) is 30.3 Å². The number of carbonyl (C=O) groups is 1. The van der Waals surface area contributed by atoms with E-state index in [1.165, 1.54) is 0 Å². The van der Waals surface area contributed by atoms with Crippen LogP contribution in [0.15, 0.2) is 48.9 Å². The number of hydrogen-bond acceptors (Lipinski definition) is 5. The summed E-state index contributed by atoms with van der Waals surface area (Å²) >= 11 is 0. The molecule has 27 heavy (non-hydrogen) atoms. The minimum atomic E-state index is -0.0384. The molecule has 0 atom stereocenters. The van der Waals surface area contributed by atoms with Crippen molar-refractivity contribution in [1.29, 1.82) is 0 Å². The molecule has 138 valence electrons. The van der Waals surface area contributed by atoms with E-state index >= 15 is 0 Å². The number of amides is 1. The van der Waals surface area contributed by atoms with Gasteiger partial charge in [-0.25, -0.2) is 4.98 Å². The number of benzene rings is 1. The lowest BCUT2D eigenvalue weighted by atomic mass is 10.1. The SMILES string of the molecule is CN(Cc1cn[nH]c1-c1ccccc1)c1cncc(C(=O)N2CCCC2)n1. The zero-order chi connectivity index (χ0) is 18.6. The van der Waals surface area contributed by atoms with E-state index in [9.17, 15) is 4.79 Å². The van der Waals surface area contributed by atoms with Crippen LogP contribution < -0.4 is 4.90 Å². The van der Waals surface area contributed by atoms with Crippen LogP contribution in [0.3, 0.4) is 0 Å². The summed E-state index contributed by atoms with van der Waals surface area (Å²) in [4.78, 5) is 25.2. The summed E-state index contributed by atoms with van der Waals surface area (Å²) in [5.74, 6) is 0.629. The Balaban J connectivity index is 1.53. The maximum absolute atomic E-state index is 12.6. The minimum Gasteiger partial charge on any atom is -0.354 e. The Kier molecular flexibility index (Phi) is 4.82. The lowest BCUT2D eigenvalue weighted by Gasteiger charge is -2.19. The molecule has 0 saturated carbocycles. The quantitative estimate of drug-likeness (QED) is 0.755. The predicted molar refractivity (Wildman–Crippen MR) is 103 cm³/mol. The van der Waals surface area contributed by atoms with Crippen molar-refractivity contribution in [1.82, 2.24) is 25.1 Å². The molecule has 0 unspecified atom stereocenters. The molecule has 1 amide bonds. The number of hydrogen-bond donors (Lipinski definition) is 1. The number of H-pyrrole nitrogens is 1. The number of aromatic nitrogens is 4. The van der Waals surface area contributed by atoms with Crippen LogP contribution in [0, 0.1) is 0 Å². The molecule has 0 spiro atoms. The molecule has 7 heteroatoms. The minimum absolute atomic E-state index is 0.0384. The third kappa shape index (κ3) is 3.67. The summed E-state index contributed by atoms with van der Waals surface area (Å²) in [7, 11) is 1.94. The van der Waals surface area contributed by atoms with Gasteiger partial charge < -0.3 is 9.80 Å². The largest absolute Gasteiger partial charge is 0.354 e. The van der Waals surface area contributed by atoms with E-state index in [0.717, 1.165) is 42.8 Å². The zero-order valence-corrected chi connectivity index (χ0v) is 15.3. The third-order valence-electron chi connectivity index (χ3n) is 4.81. The highest BCUT2D eigenvalue weighted by Crippen LogP contribution is 2.23. The fourth-order valence-corrected chi connectivity index (χ4v) is 3.35. The molecule has 4 rings (SSSR count). The van der Waals surface area contributed by atoms with Gasteiger partial charge in [-0.2, -0.15) is 5.10 Å². The molecule has 7 nitrogen and oxygen atoms in total. The van der Waals surface area contributed by atoms with Crippen LogP contribution in [0.25, 0.3) is 11.3 Å². The van der Waals surface area contributed by atoms with Gasteiger partial charge in [0.25, 0.3) is 5.91 Å². The van der Waals surface area contributed by atoms with Crippen molar-refractivity contribution in [3.8, 4) is 11.3 Å². The molecule has 1 aliphatic rings. The van der Waals surface area contributed by atoms with Crippen molar-refractivity contribution in [3.05, 3.63) is 60.2 Å². The first kappa shape index (κ1) is 17.2. The summed E-state index contributed by atoms with van der Waals surface area (Å²) in [5, 5.41) is 7.27. The van der Waals surface area contributed by atoms with Crippen LogP contribution in [0.4, 0.5) is 5.82 Å². The van der Waals surface area contributed by atoms with Crippen molar-refractivity contribution in [2.45, 2.75) is 19.4 Å². The Hall–Kier alpha value is -3.22. The number of nitrogens with one attached hydrogen (secondary N) is 1. The maximum atomic E-state index is 12.6. The molecule has 0 radical (unpaired) electrons. The number of carbonyl (C=O) groups excluding carboxylic acids is 1. The first-order chi connectivity index (χ1) is 13.2. The van der Waals surface area contributed by atoms with E-state index in [-0.39, 0.29) is 5.91 Å². The van der Waals surface area contributed by atoms with Crippen LogP contribution >= 0.6 is 0 Å². The number of aromatic amines is 1. The smallest absolute Gasteiger partial charge is 0.274 e. The molecule has 1 fully saturated rings. The van der Waals surface area contributed by atoms with E-state index < -0.39 is 0 Å². The summed E-state index contributed by atoms with van der Waals surface area (Å²) in [6.07, 6.45) is 7.17. The average Bonchev–Trinajstić information content (AvgIpc) is 3.40. The molecule has 0 bridgehead atoms. The Morgan fingerprint density at radius 2 is 1.93 bits per heavy atom. The van der Waals surface area contributed by atoms with Crippen LogP contribution in [0.2, 0.25) is 0 Å². The topological polar surface area (TPSA) is 78.0 Å². The van der Waals surface area contributed by atoms with Gasteiger partial charge in [0.15, 0.2) is 0 Å². The average molecular weight is 362 g/mol. The van der Waals surface area contributed by atoms with E-state index in [1.54, 1.807) is 12.4 Å². The molecular weight excluding hydrogens is 340 g/mol. The summed E-state index contributed by atoms with van der Waals surface area (Å²) in [6.45, 7) is 2.21. The lowest BCUT2D eigenvalue weighted by Crippen LogP contribution is -2.29. The second-order valence-corrected chi connectivity index (χ2v) is 6.75. The normalized spacial score (nSPS) is 13.7. The van der Waals surface area contributed by atoms with E-state index in [0.29, 0.717) is 18.1 Å². The third-order valence-corrected chi connectivity index (χ3v) is 4.81. The highest BCUT2D eigenvalue weighted by molar-refractivity contribution is 5.92. The lowest BCUT2D eigenvalue weighted by molar-refractivity contribution is 0.0786. The van der Waals surface area contributed by atoms with E-state index in [1.807, 2.05) is 53.4 Å².